The lowest BCUT2D eigenvalue weighted by atomic mass is 9.99. The summed E-state index contributed by atoms with van der Waals surface area (Å²) in [5.41, 5.74) is -0.434. The smallest absolute Gasteiger partial charge is 0.264 e. The van der Waals surface area contributed by atoms with Crippen LogP contribution < -0.4 is 5.32 Å². The highest BCUT2D eigenvalue weighted by atomic mass is 32.2. The molecule has 0 radical (unpaired) electrons. The van der Waals surface area contributed by atoms with Crippen LogP contribution >= 0.6 is 0 Å². The van der Waals surface area contributed by atoms with E-state index in [0.717, 1.165) is 12.8 Å². The molecular formula is C18H39NO5S. The van der Waals surface area contributed by atoms with Crippen molar-refractivity contribution in [1.29, 1.82) is 0 Å². The van der Waals surface area contributed by atoms with Gasteiger partial charge in [0.15, 0.2) is 0 Å². The molecule has 1 atom stereocenters. The molecule has 0 aliphatic rings. The first-order valence-electron chi connectivity index (χ1n) is 9.71. The molecule has 7 heteroatoms. The van der Waals surface area contributed by atoms with Crippen molar-refractivity contribution in [2.75, 3.05) is 12.3 Å². The van der Waals surface area contributed by atoms with Crippen molar-refractivity contribution in [3.8, 4) is 0 Å². The van der Waals surface area contributed by atoms with Crippen molar-refractivity contribution < 1.29 is 22.8 Å². The second-order valence-corrected chi connectivity index (χ2v) is 8.97. The first kappa shape index (κ1) is 24.8. The lowest BCUT2D eigenvalue weighted by molar-refractivity contribution is -0.190. The largest absolute Gasteiger partial charge is 0.356 e. The zero-order valence-electron chi connectivity index (χ0n) is 16.3. The van der Waals surface area contributed by atoms with Crippen LogP contribution in [-0.4, -0.2) is 42.4 Å². The minimum atomic E-state index is -3.95. The number of unbranched alkanes of at least 4 members (excludes halogenated alkanes) is 8. The van der Waals surface area contributed by atoms with E-state index >= 15 is 0 Å². The fraction of sp³-hybridized carbons (Fsp3) is 1.00. The van der Waals surface area contributed by atoms with Gasteiger partial charge < -0.3 is 9.84 Å². The van der Waals surface area contributed by atoms with E-state index < -0.39 is 22.1 Å². The molecule has 0 fully saturated rings. The van der Waals surface area contributed by atoms with Crippen LogP contribution in [0.4, 0.5) is 0 Å². The highest BCUT2D eigenvalue weighted by Crippen LogP contribution is 2.20. The van der Waals surface area contributed by atoms with Gasteiger partial charge in [0.1, 0.15) is 0 Å². The van der Waals surface area contributed by atoms with E-state index in [1.54, 1.807) is 0 Å². The Bertz CT molecular complexity index is 412. The average Bonchev–Trinajstić information content (AvgIpc) is 2.48. The number of ether oxygens (including phenoxy) is 1. The third kappa shape index (κ3) is 18.4. The predicted molar refractivity (Wildman–Crippen MR) is 102 cm³/mol. The summed E-state index contributed by atoms with van der Waals surface area (Å²) < 4.78 is 35.4. The molecule has 0 unspecified atom stereocenters. The van der Waals surface area contributed by atoms with E-state index in [1.807, 2.05) is 13.8 Å². The fourth-order valence-corrected chi connectivity index (χ4v) is 3.25. The number of aliphatic hydroxyl groups is 1. The molecule has 0 saturated heterocycles. The van der Waals surface area contributed by atoms with Crippen molar-refractivity contribution in [3.63, 3.8) is 0 Å². The SMILES string of the molecule is CCCCCCCCCCCC(C)(C)O[C@@H](O)NCCCS(=O)(=O)O. The molecule has 0 saturated carbocycles. The van der Waals surface area contributed by atoms with Crippen molar-refractivity contribution in [1.82, 2.24) is 5.32 Å². The molecule has 152 valence electrons. The molecule has 25 heavy (non-hydrogen) atoms. The average molecular weight is 382 g/mol. The molecule has 0 aromatic carbocycles. The first-order chi connectivity index (χ1) is 11.7. The minimum absolute atomic E-state index is 0.220. The topological polar surface area (TPSA) is 95.9 Å². The molecule has 0 aromatic heterocycles. The van der Waals surface area contributed by atoms with Gasteiger partial charge in [-0.2, -0.15) is 8.42 Å². The molecule has 3 N–H and O–H groups in total. The lowest BCUT2D eigenvalue weighted by Crippen LogP contribution is -2.40. The maximum atomic E-state index is 10.6. The van der Waals surface area contributed by atoms with E-state index in [-0.39, 0.29) is 18.7 Å². The van der Waals surface area contributed by atoms with Crippen LogP contribution in [0.5, 0.6) is 0 Å². The third-order valence-electron chi connectivity index (χ3n) is 4.21. The number of nitrogens with one attached hydrogen (secondary N) is 1. The van der Waals surface area contributed by atoms with Gasteiger partial charge in [-0.05, 0) is 26.7 Å². The molecule has 0 aliphatic carbocycles. The van der Waals surface area contributed by atoms with Crippen molar-refractivity contribution >= 4 is 10.1 Å². The van der Waals surface area contributed by atoms with Gasteiger partial charge in [-0.25, -0.2) is 0 Å². The van der Waals surface area contributed by atoms with Crippen LogP contribution in [0, 0.1) is 0 Å². The summed E-state index contributed by atoms with van der Waals surface area (Å²) in [4.78, 5) is 0. The molecule has 6 nitrogen and oxygen atoms in total. The standard InChI is InChI=1S/C18H39NO5S/c1-4-5-6-7-8-9-10-11-12-14-18(2,3)24-17(20)19-15-13-16-25(21,22)23/h17,19-20H,4-16H2,1-3H3,(H,21,22,23)/t17-/m1/s1. The molecule has 0 heterocycles. The highest BCUT2D eigenvalue weighted by Gasteiger charge is 2.21. The summed E-state index contributed by atoms with van der Waals surface area (Å²) in [6.45, 7) is 6.38. The molecule has 0 aliphatic heterocycles. The maximum absolute atomic E-state index is 10.6. The van der Waals surface area contributed by atoms with Crippen molar-refractivity contribution in [3.05, 3.63) is 0 Å². The van der Waals surface area contributed by atoms with Crippen LogP contribution in [0.15, 0.2) is 0 Å². The Morgan fingerprint density at radius 3 is 2.00 bits per heavy atom. The van der Waals surface area contributed by atoms with Gasteiger partial charge >= 0.3 is 0 Å². The summed E-state index contributed by atoms with van der Waals surface area (Å²) in [5, 5.41) is 12.5. The Labute approximate surface area is 154 Å². The Morgan fingerprint density at radius 1 is 0.960 bits per heavy atom. The van der Waals surface area contributed by atoms with Crippen molar-refractivity contribution in [2.45, 2.75) is 103 Å². The summed E-state index contributed by atoms with van der Waals surface area (Å²) in [6, 6.07) is 0. The normalized spacial score (nSPS) is 14.0. The molecular weight excluding hydrogens is 342 g/mol. The van der Waals surface area contributed by atoms with Gasteiger partial charge in [0.2, 0.25) is 6.41 Å². The molecule has 0 aromatic rings. The number of hydrogen-bond donors (Lipinski definition) is 3. The third-order valence-corrected chi connectivity index (χ3v) is 5.02. The van der Waals surface area contributed by atoms with Gasteiger partial charge in [-0.1, -0.05) is 64.7 Å². The van der Waals surface area contributed by atoms with Gasteiger partial charge in [0.05, 0.1) is 11.4 Å². The van der Waals surface area contributed by atoms with Gasteiger partial charge in [0.25, 0.3) is 10.1 Å². The van der Waals surface area contributed by atoms with E-state index in [0.29, 0.717) is 0 Å². The summed E-state index contributed by atoms with van der Waals surface area (Å²) in [7, 11) is -3.95. The Kier molecular flexibility index (Phi) is 13.8. The molecule has 0 bridgehead atoms. The minimum Gasteiger partial charge on any atom is -0.356 e. The van der Waals surface area contributed by atoms with Crippen LogP contribution in [-0.2, 0) is 14.9 Å². The molecule has 0 rings (SSSR count). The van der Waals surface area contributed by atoms with Crippen LogP contribution in [0.25, 0.3) is 0 Å². The zero-order valence-corrected chi connectivity index (χ0v) is 17.1. The second kappa shape index (κ2) is 13.9. The van der Waals surface area contributed by atoms with Crippen LogP contribution in [0.2, 0.25) is 0 Å². The van der Waals surface area contributed by atoms with E-state index in [1.165, 1.54) is 51.4 Å². The monoisotopic (exact) mass is 381 g/mol. The Balaban J connectivity index is 3.65. The second-order valence-electron chi connectivity index (χ2n) is 7.40. The quantitative estimate of drug-likeness (QED) is 0.201. The molecule has 0 spiro atoms. The maximum Gasteiger partial charge on any atom is 0.264 e. The summed E-state index contributed by atoms with van der Waals surface area (Å²) in [6.07, 6.45) is 11.4. The number of aliphatic hydroxyl groups excluding tert-OH is 1. The fourth-order valence-electron chi connectivity index (χ4n) is 2.74. The first-order valence-corrected chi connectivity index (χ1v) is 11.3. The predicted octanol–water partition coefficient (Wildman–Crippen LogP) is 3.85. The van der Waals surface area contributed by atoms with E-state index in [4.69, 9.17) is 9.29 Å². The van der Waals surface area contributed by atoms with Crippen LogP contribution in [0.3, 0.4) is 0 Å². The van der Waals surface area contributed by atoms with Gasteiger partial charge in [0, 0.05) is 6.54 Å². The summed E-state index contributed by atoms with van der Waals surface area (Å²) in [5.74, 6) is -0.325. The van der Waals surface area contributed by atoms with Gasteiger partial charge in [-0.3, -0.25) is 9.87 Å². The van der Waals surface area contributed by atoms with Crippen LogP contribution in [0.1, 0.15) is 91.4 Å². The number of hydrogen-bond acceptors (Lipinski definition) is 5. The van der Waals surface area contributed by atoms with E-state index in [2.05, 4.69) is 12.2 Å². The zero-order chi connectivity index (χ0) is 19.2. The summed E-state index contributed by atoms with van der Waals surface area (Å²) >= 11 is 0. The Morgan fingerprint density at radius 2 is 1.48 bits per heavy atom. The lowest BCUT2D eigenvalue weighted by Gasteiger charge is -2.28. The highest BCUT2D eigenvalue weighted by molar-refractivity contribution is 7.85. The molecule has 0 amide bonds. The van der Waals surface area contributed by atoms with Gasteiger partial charge in [-0.15, -0.1) is 0 Å². The number of rotatable bonds is 17. The Hall–Kier alpha value is -0.210. The van der Waals surface area contributed by atoms with E-state index in [9.17, 15) is 13.5 Å². The van der Waals surface area contributed by atoms with Crippen molar-refractivity contribution in [2.24, 2.45) is 0 Å².